The molecule has 1 heterocycles. The van der Waals surface area contributed by atoms with E-state index in [0.29, 0.717) is 9.26 Å². The Labute approximate surface area is 92.1 Å². The van der Waals surface area contributed by atoms with Crippen molar-refractivity contribution < 1.29 is 13.2 Å². The minimum atomic E-state index is -4.30. The highest BCUT2D eigenvalue weighted by molar-refractivity contribution is 14.1. The zero-order chi connectivity index (χ0) is 10.9. The first-order chi connectivity index (χ1) is 6.29. The number of hydrogen-bond donors (Lipinski definition) is 1. The van der Waals surface area contributed by atoms with E-state index in [4.69, 9.17) is 5.73 Å². The second-order valence-corrected chi connectivity index (χ2v) is 3.80. The fraction of sp³-hybridized carbons (Fsp3) is 0.429. The Hall–Kier alpha value is -0.600. The number of nitrogen functional groups attached to an aromatic ring is 1. The molecular weight excluding hydrogens is 310 g/mol. The molecule has 1 rings (SSSR count). The largest absolute Gasteiger partial charge is 0.396 e. The predicted octanol–water partition coefficient (Wildman–Crippen LogP) is 2.08. The van der Waals surface area contributed by atoms with Crippen LogP contribution in [0.1, 0.15) is 11.5 Å². The molecule has 0 aromatic carbocycles. The molecule has 0 spiro atoms. The van der Waals surface area contributed by atoms with Crippen LogP contribution >= 0.6 is 22.6 Å². The molecule has 0 bridgehead atoms. The molecule has 0 amide bonds. The maximum atomic E-state index is 12.0. The summed E-state index contributed by atoms with van der Waals surface area (Å²) in [6.07, 6.45) is -5.44. The van der Waals surface area contributed by atoms with Crippen LogP contribution in [0.2, 0.25) is 0 Å². The summed E-state index contributed by atoms with van der Waals surface area (Å²) in [5, 5.41) is 0. The van der Waals surface area contributed by atoms with Crippen molar-refractivity contribution in [3.63, 3.8) is 0 Å². The first-order valence-electron chi connectivity index (χ1n) is 3.65. The van der Waals surface area contributed by atoms with Gasteiger partial charge in [0.25, 0.3) is 0 Å². The summed E-state index contributed by atoms with van der Waals surface area (Å²) in [5.74, 6) is -0.190. The molecule has 0 atom stereocenters. The van der Waals surface area contributed by atoms with Crippen molar-refractivity contribution in [2.24, 2.45) is 0 Å². The smallest absolute Gasteiger partial charge is 0.383 e. The van der Waals surface area contributed by atoms with Gasteiger partial charge in [0.05, 0.1) is 9.26 Å². The second-order valence-electron chi connectivity index (χ2n) is 2.72. The Morgan fingerprint density at radius 2 is 1.93 bits per heavy atom. The van der Waals surface area contributed by atoms with E-state index in [2.05, 4.69) is 9.97 Å². The van der Waals surface area contributed by atoms with Crippen molar-refractivity contribution in [1.82, 2.24) is 9.97 Å². The van der Waals surface area contributed by atoms with Gasteiger partial charge in [-0.15, -0.1) is 0 Å². The lowest BCUT2D eigenvalue weighted by molar-refractivity contribution is -0.128. The van der Waals surface area contributed by atoms with Gasteiger partial charge in [-0.3, -0.25) is 0 Å². The van der Waals surface area contributed by atoms with Crippen molar-refractivity contribution in [3.8, 4) is 0 Å². The molecule has 0 unspecified atom stereocenters. The molecule has 0 radical (unpaired) electrons. The van der Waals surface area contributed by atoms with Crippen LogP contribution in [0.5, 0.6) is 0 Å². The highest BCUT2D eigenvalue weighted by atomic mass is 127. The minimum Gasteiger partial charge on any atom is -0.383 e. The average Bonchev–Trinajstić information content (AvgIpc) is 1.96. The molecule has 2 N–H and O–H groups in total. The van der Waals surface area contributed by atoms with E-state index < -0.39 is 12.6 Å². The van der Waals surface area contributed by atoms with Crippen LogP contribution in [-0.2, 0) is 6.42 Å². The monoisotopic (exact) mass is 317 g/mol. The van der Waals surface area contributed by atoms with Crippen LogP contribution in [-0.4, -0.2) is 16.1 Å². The lowest BCUT2D eigenvalue weighted by atomic mass is 10.3. The molecular formula is C7H7F3IN3. The van der Waals surface area contributed by atoms with Crippen LogP contribution in [0.15, 0.2) is 0 Å². The number of alkyl halides is 3. The Kier molecular flexibility index (Phi) is 3.17. The summed E-state index contributed by atoms with van der Waals surface area (Å²) in [6.45, 7) is 1.60. The molecule has 7 heteroatoms. The fourth-order valence-electron chi connectivity index (χ4n) is 0.899. The molecule has 3 nitrogen and oxygen atoms in total. The SMILES string of the molecule is Cc1nc(CC(F)(F)F)nc(N)c1I. The van der Waals surface area contributed by atoms with Crippen LogP contribution in [0.4, 0.5) is 19.0 Å². The number of aryl methyl sites for hydroxylation is 1. The number of nitrogens with two attached hydrogens (primary N) is 1. The first kappa shape index (κ1) is 11.5. The number of halogens is 4. The quantitative estimate of drug-likeness (QED) is 0.807. The highest BCUT2D eigenvalue weighted by Gasteiger charge is 2.29. The molecule has 0 aliphatic heterocycles. The van der Waals surface area contributed by atoms with Crippen molar-refractivity contribution in [3.05, 3.63) is 15.1 Å². The Balaban J connectivity index is 3.02. The van der Waals surface area contributed by atoms with Crippen LogP contribution in [0, 0.1) is 10.5 Å². The molecule has 0 fully saturated rings. The van der Waals surface area contributed by atoms with Crippen molar-refractivity contribution in [2.45, 2.75) is 19.5 Å². The molecule has 0 aliphatic rings. The number of aromatic nitrogens is 2. The van der Waals surface area contributed by atoms with Crippen molar-refractivity contribution in [2.75, 3.05) is 5.73 Å². The number of anilines is 1. The van der Waals surface area contributed by atoms with E-state index in [1.54, 1.807) is 6.92 Å². The summed E-state index contributed by atoms with van der Waals surface area (Å²) < 4.78 is 36.5. The predicted molar refractivity (Wildman–Crippen MR) is 53.7 cm³/mol. The average molecular weight is 317 g/mol. The van der Waals surface area contributed by atoms with Crippen LogP contribution < -0.4 is 5.73 Å². The normalized spacial score (nSPS) is 11.8. The molecule has 0 saturated heterocycles. The number of rotatable bonds is 1. The maximum Gasteiger partial charge on any atom is 0.396 e. The topological polar surface area (TPSA) is 51.8 Å². The van der Waals surface area contributed by atoms with E-state index in [1.165, 1.54) is 0 Å². The Morgan fingerprint density at radius 1 is 1.36 bits per heavy atom. The standard InChI is InChI=1S/C7H7F3IN3/c1-3-5(11)6(12)14-4(13-3)2-7(8,9)10/h2H2,1H3,(H2,12,13,14). The summed E-state index contributed by atoms with van der Waals surface area (Å²) in [7, 11) is 0. The Bertz CT molecular complexity index is 328. The van der Waals surface area contributed by atoms with Gasteiger partial charge in [-0.25, -0.2) is 9.97 Å². The lowest BCUT2D eigenvalue weighted by Crippen LogP contribution is -2.16. The molecule has 14 heavy (non-hydrogen) atoms. The molecule has 0 saturated carbocycles. The molecule has 0 aliphatic carbocycles. The number of nitrogens with zero attached hydrogens (tertiary/aromatic N) is 2. The van der Waals surface area contributed by atoms with Gasteiger partial charge >= 0.3 is 6.18 Å². The van der Waals surface area contributed by atoms with Gasteiger partial charge < -0.3 is 5.73 Å². The molecule has 1 aromatic heterocycles. The maximum absolute atomic E-state index is 12.0. The minimum absolute atomic E-state index is 0.0948. The van der Waals surface area contributed by atoms with Gasteiger partial charge in [-0.05, 0) is 29.5 Å². The van der Waals surface area contributed by atoms with Gasteiger partial charge in [0.15, 0.2) is 0 Å². The zero-order valence-corrected chi connectivity index (χ0v) is 9.35. The third-order valence-corrected chi connectivity index (χ3v) is 2.78. The van der Waals surface area contributed by atoms with Gasteiger partial charge in [-0.2, -0.15) is 13.2 Å². The van der Waals surface area contributed by atoms with E-state index in [9.17, 15) is 13.2 Å². The molecule has 1 aromatic rings. The lowest BCUT2D eigenvalue weighted by Gasteiger charge is -2.07. The van der Waals surface area contributed by atoms with E-state index in [-0.39, 0.29) is 11.6 Å². The zero-order valence-electron chi connectivity index (χ0n) is 7.19. The summed E-state index contributed by atoms with van der Waals surface area (Å²) >= 11 is 1.89. The number of hydrogen-bond acceptors (Lipinski definition) is 3. The molecule has 78 valence electrons. The van der Waals surface area contributed by atoms with Gasteiger partial charge in [0.1, 0.15) is 18.1 Å². The summed E-state index contributed by atoms with van der Waals surface area (Å²) in [6, 6.07) is 0. The Morgan fingerprint density at radius 3 is 2.36 bits per heavy atom. The van der Waals surface area contributed by atoms with E-state index in [1.807, 2.05) is 22.6 Å². The fourth-order valence-corrected chi connectivity index (χ4v) is 1.14. The summed E-state index contributed by atoms with van der Waals surface area (Å²) in [4.78, 5) is 7.26. The third kappa shape index (κ3) is 2.96. The van der Waals surface area contributed by atoms with Gasteiger partial charge in [-0.1, -0.05) is 0 Å². The van der Waals surface area contributed by atoms with Gasteiger partial charge in [0, 0.05) is 0 Å². The third-order valence-electron chi connectivity index (χ3n) is 1.45. The van der Waals surface area contributed by atoms with Crippen molar-refractivity contribution >= 4 is 28.4 Å². The highest BCUT2D eigenvalue weighted by Crippen LogP contribution is 2.22. The van der Waals surface area contributed by atoms with Crippen LogP contribution in [0.3, 0.4) is 0 Å². The van der Waals surface area contributed by atoms with E-state index in [0.717, 1.165) is 0 Å². The van der Waals surface area contributed by atoms with Crippen LogP contribution in [0.25, 0.3) is 0 Å². The van der Waals surface area contributed by atoms with E-state index >= 15 is 0 Å². The van der Waals surface area contributed by atoms with Gasteiger partial charge in [0.2, 0.25) is 0 Å². The van der Waals surface area contributed by atoms with Crippen molar-refractivity contribution in [1.29, 1.82) is 0 Å². The summed E-state index contributed by atoms with van der Waals surface area (Å²) in [5.41, 5.74) is 5.88. The first-order valence-corrected chi connectivity index (χ1v) is 4.72. The second kappa shape index (κ2) is 3.87.